The number of nitrogens with one attached hydrogen (secondary N) is 1. The maximum atomic E-state index is 14.1. The van der Waals surface area contributed by atoms with Crippen LogP contribution in [0.4, 0.5) is 5.69 Å². The molecular formula is C52H70N6O17. The second kappa shape index (κ2) is 25.6. The summed E-state index contributed by atoms with van der Waals surface area (Å²) in [6.07, 6.45) is -8.33. The van der Waals surface area contributed by atoms with Crippen LogP contribution < -0.4 is 5.32 Å². The van der Waals surface area contributed by atoms with E-state index in [0.717, 1.165) is 55.8 Å². The SMILES string of the molecule is CC1O[C@@H](OC2[C@H](C)CC(C(=O)NCCc3cn(CCCCn4ccc5cc([N+](=O)[O-])ccc54)nn3)C[C@H]2O[C@@H]2O[C@@H](CO)[C@H](O)C(O[C@@H](CC3CCCCC3)C(=O)O)C2OC(=O)c2ccccc2)[C@@H](O)C(O)[C@@H]1O. The number of aliphatic hydroxyl groups excluding tert-OH is 5. The highest BCUT2D eigenvalue weighted by molar-refractivity contribution is 5.89. The number of unbranched alkanes of at least 4 members (excludes halogenated alkanes) is 1. The number of ether oxygens (including phenoxy) is 6. The van der Waals surface area contributed by atoms with Crippen molar-refractivity contribution in [3.05, 3.63) is 88.4 Å². The van der Waals surface area contributed by atoms with Gasteiger partial charge in [0, 0.05) is 67.4 Å². The van der Waals surface area contributed by atoms with Crippen molar-refractivity contribution in [1.82, 2.24) is 24.9 Å². The fraction of sp³-hybridized carbons (Fsp3) is 0.635. The highest BCUT2D eigenvalue weighted by Gasteiger charge is 2.54. The summed E-state index contributed by atoms with van der Waals surface area (Å²) < 4.78 is 41.3. The Morgan fingerprint density at radius 2 is 1.64 bits per heavy atom. The standard InChI is InChI=1S/C52H70N6O17/c1-29-23-34(48(64)53-19-17-35-27-57(55-54-35)21-10-9-20-56-22-18-33-25-36(58(68)69)15-16-37(33)56)26-38(45(29)75-51-44(63)43(62)41(60)30(2)70-51)72-52-47(74-50(67)32-13-7-4-8-14-32)46(42(61)40(28-59)73-52)71-39(49(65)66)24-31-11-5-3-6-12-31/h4,7-8,13-16,18,22,25,27,29-31,34,38-47,51-52,59-63H,3,5-6,9-12,17,19-21,23-24,26,28H2,1-2H3,(H,53,64)(H,65,66)/t29-,30?,34?,38-,39+,40+,41-,42+,43?,44+,45?,46?,47?,51+,52-/m1/s1. The summed E-state index contributed by atoms with van der Waals surface area (Å²) in [5.74, 6) is -3.72. The van der Waals surface area contributed by atoms with E-state index in [2.05, 4.69) is 20.2 Å². The van der Waals surface area contributed by atoms with Gasteiger partial charge in [-0.2, -0.15) is 0 Å². The fourth-order valence-electron chi connectivity index (χ4n) is 10.9. The summed E-state index contributed by atoms with van der Waals surface area (Å²) in [4.78, 5) is 51.6. The first-order valence-corrected chi connectivity index (χ1v) is 26.1. The van der Waals surface area contributed by atoms with E-state index in [4.69, 9.17) is 28.4 Å². The Morgan fingerprint density at radius 3 is 2.37 bits per heavy atom. The van der Waals surface area contributed by atoms with E-state index in [1.54, 1.807) is 41.9 Å². The van der Waals surface area contributed by atoms with E-state index in [0.29, 0.717) is 25.2 Å². The van der Waals surface area contributed by atoms with Gasteiger partial charge in [-0.15, -0.1) is 5.10 Å². The highest BCUT2D eigenvalue weighted by atomic mass is 16.7. The number of hydrogen-bond acceptors (Lipinski definition) is 18. The third kappa shape index (κ3) is 13.7. The number of rotatable bonds is 22. The Labute approximate surface area is 433 Å². The predicted molar refractivity (Wildman–Crippen MR) is 263 cm³/mol. The molecule has 0 spiro atoms. The van der Waals surface area contributed by atoms with Crippen LogP contribution in [-0.4, -0.2) is 166 Å². The van der Waals surface area contributed by atoms with Gasteiger partial charge in [-0.25, -0.2) is 9.59 Å². The maximum Gasteiger partial charge on any atom is 0.338 e. The fourth-order valence-corrected chi connectivity index (χ4v) is 10.9. The van der Waals surface area contributed by atoms with Crippen LogP contribution in [0.5, 0.6) is 0 Å². The van der Waals surface area contributed by atoms with Crippen molar-refractivity contribution in [2.45, 2.75) is 177 Å². The summed E-state index contributed by atoms with van der Waals surface area (Å²) in [7, 11) is 0. The molecule has 410 valence electrons. The molecule has 2 aromatic carbocycles. The van der Waals surface area contributed by atoms with Gasteiger partial charge in [-0.3, -0.25) is 19.6 Å². The molecule has 4 heterocycles. The molecular weight excluding hydrogens is 981 g/mol. The lowest BCUT2D eigenvalue weighted by atomic mass is 9.77. The van der Waals surface area contributed by atoms with Crippen LogP contribution in [0.25, 0.3) is 10.9 Å². The van der Waals surface area contributed by atoms with Crippen LogP contribution >= 0.6 is 0 Å². The lowest BCUT2D eigenvalue weighted by Gasteiger charge is -2.48. The highest BCUT2D eigenvalue weighted by Crippen LogP contribution is 2.39. The summed E-state index contributed by atoms with van der Waals surface area (Å²) in [6, 6.07) is 14.6. The predicted octanol–water partition coefficient (Wildman–Crippen LogP) is 3.04. The summed E-state index contributed by atoms with van der Waals surface area (Å²) in [5, 5.41) is 88.5. The Bertz CT molecular complexity index is 2520. The number of fused-ring (bicyclic) bond motifs is 1. The maximum absolute atomic E-state index is 14.1. The first kappa shape index (κ1) is 55.8. The quantitative estimate of drug-likeness (QED) is 0.0257. The van der Waals surface area contributed by atoms with Crippen LogP contribution in [0.1, 0.15) is 94.1 Å². The number of carbonyl (C=O) groups excluding carboxylic acids is 2. The van der Waals surface area contributed by atoms with E-state index in [9.17, 15) is 55.1 Å². The molecule has 15 atom stereocenters. The largest absolute Gasteiger partial charge is 0.479 e. The van der Waals surface area contributed by atoms with Crippen molar-refractivity contribution in [3.8, 4) is 0 Å². The van der Waals surface area contributed by atoms with Gasteiger partial charge >= 0.3 is 11.9 Å². The van der Waals surface area contributed by atoms with Gasteiger partial charge in [0.15, 0.2) is 24.8 Å². The summed E-state index contributed by atoms with van der Waals surface area (Å²) >= 11 is 0. The number of carbonyl (C=O) groups is 3. The zero-order valence-electron chi connectivity index (χ0n) is 42.1. The molecule has 4 fully saturated rings. The number of aromatic nitrogens is 4. The molecule has 2 aliphatic carbocycles. The Hall–Kier alpha value is -5.47. The Balaban J connectivity index is 0.963. The monoisotopic (exact) mass is 1050 g/mol. The van der Waals surface area contributed by atoms with Crippen LogP contribution in [0.3, 0.4) is 0 Å². The first-order valence-electron chi connectivity index (χ1n) is 26.1. The lowest BCUT2D eigenvalue weighted by Crippen LogP contribution is -2.64. The molecule has 6 unspecified atom stereocenters. The van der Waals surface area contributed by atoms with Gasteiger partial charge in [0.1, 0.15) is 36.6 Å². The van der Waals surface area contributed by atoms with Crippen LogP contribution in [0.2, 0.25) is 0 Å². The molecule has 75 heavy (non-hydrogen) atoms. The third-order valence-electron chi connectivity index (χ3n) is 15.1. The van der Waals surface area contributed by atoms with Gasteiger partial charge < -0.3 is 68.9 Å². The second-order valence-electron chi connectivity index (χ2n) is 20.5. The topological polar surface area (TPSA) is 319 Å². The number of nitro groups is 1. The number of esters is 1. The number of nitrogens with zero attached hydrogens (tertiary/aromatic N) is 5. The normalized spacial score (nSPS) is 30.9. The molecule has 2 aromatic heterocycles. The number of nitro benzene ring substituents is 1. The number of aryl methyl sites for hydroxylation is 2. The number of benzene rings is 2. The van der Waals surface area contributed by atoms with Crippen molar-refractivity contribution in [1.29, 1.82) is 0 Å². The van der Waals surface area contributed by atoms with Crippen molar-refractivity contribution in [3.63, 3.8) is 0 Å². The van der Waals surface area contributed by atoms with Gasteiger partial charge in [-0.1, -0.05) is 62.4 Å². The van der Waals surface area contributed by atoms with Crippen molar-refractivity contribution in [2.75, 3.05) is 13.2 Å². The van der Waals surface area contributed by atoms with Crippen LogP contribution in [0, 0.1) is 27.9 Å². The molecule has 4 aliphatic rings. The minimum atomic E-state index is -1.71. The van der Waals surface area contributed by atoms with Gasteiger partial charge in [0.25, 0.3) is 5.69 Å². The lowest BCUT2D eigenvalue weighted by molar-refractivity contribution is -0.384. The molecule has 2 saturated carbocycles. The molecule has 7 N–H and O–H groups in total. The molecule has 2 saturated heterocycles. The minimum absolute atomic E-state index is 0.0268. The van der Waals surface area contributed by atoms with Crippen molar-refractivity contribution in [2.24, 2.45) is 17.8 Å². The molecule has 8 rings (SSSR count). The van der Waals surface area contributed by atoms with Crippen molar-refractivity contribution >= 4 is 34.4 Å². The smallest absolute Gasteiger partial charge is 0.338 e. The third-order valence-corrected chi connectivity index (χ3v) is 15.1. The van der Waals surface area contributed by atoms with Crippen molar-refractivity contribution < 1.29 is 78.4 Å². The van der Waals surface area contributed by atoms with Gasteiger partial charge in [-0.05, 0) is 75.1 Å². The molecule has 23 nitrogen and oxygen atoms in total. The van der Waals surface area contributed by atoms with Crippen LogP contribution in [-0.2, 0) is 57.5 Å². The zero-order valence-corrected chi connectivity index (χ0v) is 42.1. The Morgan fingerprint density at radius 1 is 0.880 bits per heavy atom. The molecule has 0 radical (unpaired) electrons. The molecule has 1 amide bonds. The first-order chi connectivity index (χ1) is 36.1. The van der Waals surface area contributed by atoms with E-state index in [1.165, 1.54) is 25.1 Å². The molecule has 23 heteroatoms. The van der Waals surface area contributed by atoms with Gasteiger partial charge in [0.2, 0.25) is 5.91 Å². The molecule has 4 aromatic rings. The van der Waals surface area contributed by atoms with E-state index in [1.807, 2.05) is 18.5 Å². The molecule has 0 bridgehead atoms. The molecule has 2 aliphatic heterocycles. The van der Waals surface area contributed by atoms with Crippen LogP contribution in [0.15, 0.2) is 67.0 Å². The number of aliphatic hydroxyl groups is 5. The van der Waals surface area contributed by atoms with Gasteiger partial charge in [0.05, 0.1) is 41.1 Å². The number of hydrogen-bond donors (Lipinski definition) is 7. The number of aliphatic carboxylic acids is 1. The second-order valence-corrected chi connectivity index (χ2v) is 20.5. The number of non-ortho nitro benzene ring substituents is 1. The number of carboxylic acids is 1. The summed E-state index contributed by atoms with van der Waals surface area (Å²) in [6.45, 7) is 4.03. The van der Waals surface area contributed by atoms with E-state index >= 15 is 0 Å². The summed E-state index contributed by atoms with van der Waals surface area (Å²) in [5.41, 5.74) is 1.73. The minimum Gasteiger partial charge on any atom is -0.479 e. The number of amides is 1. The Kier molecular flexibility index (Phi) is 19.0. The average Bonchev–Trinajstić information content (AvgIpc) is 4.05. The average molecular weight is 1050 g/mol. The van der Waals surface area contributed by atoms with E-state index < -0.39 is 115 Å². The number of carboxylic acid groups (broad SMARTS) is 1. The van der Waals surface area contributed by atoms with E-state index in [-0.39, 0.29) is 48.9 Å². The zero-order chi connectivity index (χ0) is 53.3.